The summed E-state index contributed by atoms with van der Waals surface area (Å²) in [6, 6.07) is 8.78. The summed E-state index contributed by atoms with van der Waals surface area (Å²) in [4.78, 5) is 18.2. The Labute approximate surface area is 131 Å². The van der Waals surface area contributed by atoms with Crippen LogP contribution in [0.25, 0.3) is 0 Å². The normalized spacial score (nSPS) is 10.3. The Hall–Kier alpha value is -1.63. The van der Waals surface area contributed by atoms with Crippen molar-refractivity contribution in [2.75, 3.05) is 6.54 Å². The fourth-order valence-electron chi connectivity index (χ4n) is 1.89. The molecule has 4 nitrogen and oxygen atoms in total. The first kappa shape index (κ1) is 14.8. The zero-order valence-electron chi connectivity index (χ0n) is 11.1. The number of benzene rings is 1. The van der Waals surface area contributed by atoms with E-state index in [-0.39, 0.29) is 11.7 Å². The highest BCUT2D eigenvalue weighted by Gasteiger charge is 2.18. The lowest BCUT2D eigenvalue weighted by atomic mass is 10.1. The molecule has 1 N–H and O–H groups in total. The van der Waals surface area contributed by atoms with E-state index >= 15 is 0 Å². The second-order valence-corrected chi connectivity index (χ2v) is 5.58. The number of halogens is 1. The number of hydrogen-bond acceptors (Lipinski definition) is 3. The molecule has 104 valence electrons. The van der Waals surface area contributed by atoms with Gasteiger partial charge in [0, 0.05) is 29.1 Å². The van der Waals surface area contributed by atoms with Gasteiger partial charge >= 0.3 is 0 Å². The third kappa shape index (κ3) is 3.47. The molecule has 5 heteroatoms. The molecule has 2 rings (SSSR count). The van der Waals surface area contributed by atoms with Gasteiger partial charge in [0.2, 0.25) is 0 Å². The highest BCUT2D eigenvalue weighted by atomic mass is 127. The molecular weight excluding hydrogens is 367 g/mol. The van der Waals surface area contributed by atoms with E-state index in [0.717, 1.165) is 9.13 Å². The van der Waals surface area contributed by atoms with Gasteiger partial charge in [0.05, 0.1) is 5.56 Å². The minimum atomic E-state index is -0.166. The summed E-state index contributed by atoms with van der Waals surface area (Å²) in [6.07, 6.45) is 3.41. The number of carbonyl (C=O) groups excluding carboxylic acids is 1. The topological polar surface area (TPSA) is 53.4 Å². The van der Waals surface area contributed by atoms with Gasteiger partial charge in [-0.1, -0.05) is 0 Å². The van der Waals surface area contributed by atoms with Gasteiger partial charge in [0.15, 0.2) is 0 Å². The van der Waals surface area contributed by atoms with E-state index in [1.807, 2.05) is 19.1 Å². The van der Waals surface area contributed by atoms with Crippen LogP contribution >= 0.6 is 22.6 Å². The Morgan fingerprint density at radius 3 is 2.65 bits per heavy atom. The predicted molar refractivity (Wildman–Crippen MR) is 85.5 cm³/mol. The number of pyridine rings is 1. The number of aromatic nitrogens is 1. The van der Waals surface area contributed by atoms with Gasteiger partial charge in [0.1, 0.15) is 5.75 Å². The first-order valence-corrected chi connectivity index (χ1v) is 7.36. The lowest BCUT2D eigenvalue weighted by Crippen LogP contribution is -2.30. The van der Waals surface area contributed by atoms with Crippen molar-refractivity contribution in [3.05, 3.63) is 57.4 Å². The SMILES string of the molecule is CCN(Cc1ccncc1)C(=O)c1cc(I)ccc1O. The largest absolute Gasteiger partial charge is 0.507 e. The average molecular weight is 382 g/mol. The maximum Gasteiger partial charge on any atom is 0.257 e. The predicted octanol–water partition coefficient (Wildman–Crippen LogP) is 3.05. The van der Waals surface area contributed by atoms with Gasteiger partial charge in [0.25, 0.3) is 5.91 Å². The molecule has 1 aromatic carbocycles. The fourth-order valence-corrected chi connectivity index (χ4v) is 2.38. The highest BCUT2D eigenvalue weighted by Crippen LogP contribution is 2.22. The van der Waals surface area contributed by atoms with Crippen molar-refractivity contribution < 1.29 is 9.90 Å². The standard InChI is InChI=1S/C15H15IN2O2/c1-2-18(10-11-5-7-17-8-6-11)15(20)13-9-12(16)3-4-14(13)19/h3-9,19H,2,10H2,1H3. The van der Waals surface area contributed by atoms with Crippen LogP contribution in [-0.4, -0.2) is 27.4 Å². The minimum absolute atomic E-state index is 0.0172. The van der Waals surface area contributed by atoms with Crippen LogP contribution < -0.4 is 0 Å². The number of amides is 1. The third-order valence-electron chi connectivity index (χ3n) is 2.98. The van der Waals surface area contributed by atoms with Crippen LogP contribution in [0, 0.1) is 3.57 Å². The van der Waals surface area contributed by atoms with Crippen molar-refractivity contribution in [3.63, 3.8) is 0 Å². The summed E-state index contributed by atoms with van der Waals surface area (Å²) in [7, 11) is 0. The summed E-state index contributed by atoms with van der Waals surface area (Å²) in [5.41, 5.74) is 1.35. The Morgan fingerprint density at radius 1 is 1.30 bits per heavy atom. The molecule has 2 aromatic rings. The average Bonchev–Trinajstić information content (AvgIpc) is 2.47. The van der Waals surface area contributed by atoms with Crippen molar-refractivity contribution >= 4 is 28.5 Å². The van der Waals surface area contributed by atoms with Gasteiger partial charge in [-0.3, -0.25) is 9.78 Å². The Bertz CT molecular complexity index is 602. The first-order valence-electron chi connectivity index (χ1n) is 6.28. The molecule has 0 saturated carbocycles. The molecular formula is C15H15IN2O2. The Kier molecular flexibility index (Phi) is 4.94. The highest BCUT2D eigenvalue weighted by molar-refractivity contribution is 14.1. The number of carbonyl (C=O) groups is 1. The van der Waals surface area contributed by atoms with Gasteiger partial charge in [-0.15, -0.1) is 0 Å². The van der Waals surface area contributed by atoms with Crippen LogP contribution in [0.5, 0.6) is 5.75 Å². The zero-order chi connectivity index (χ0) is 14.5. The van der Waals surface area contributed by atoms with E-state index in [9.17, 15) is 9.90 Å². The van der Waals surface area contributed by atoms with Crippen LogP contribution in [-0.2, 0) is 6.54 Å². The second kappa shape index (κ2) is 6.69. The lowest BCUT2D eigenvalue weighted by molar-refractivity contribution is 0.0749. The molecule has 0 saturated heterocycles. The number of nitrogens with zero attached hydrogens (tertiary/aromatic N) is 2. The summed E-state index contributed by atoms with van der Waals surface area (Å²) < 4.78 is 0.920. The van der Waals surface area contributed by atoms with Crippen molar-refractivity contribution in [1.29, 1.82) is 0 Å². The van der Waals surface area contributed by atoms with E-state index in [2.05, 4.69) is 27.6 Å². The fraction of sp³-hybridized carbons (Fsp3) is 0.200. The molecule has 0 fully saturated rings. The van der Waals surface area contributed by atoms with Crippen LogP contribution in [0.15, 0.2) is 42.7 Å². The molecule has 0 radical (unpaired) electrons. The van der Waals surface area contributed by atoms with Crippen LogP contribution in [0.2, 0.25) is 0 Å². The van der Waals surface area contributed by atoms with Gasteiger partial charge in [-0.2, -0.15) is 0 Å². The van der Waals surface area contributed by atoms with Crippen molar-refractivity contribution in [2.45, 2.75) is 13.5 Å². The summed E-state index contributed by atoms with van der Waals surface area (Å²) >= 11 is 2.12. The molecule has 0 aliphatic heterocycles. The van der Waals surface area contributed by atoms with Crippen LogP contribution in [0.1, 0.15) is 22.8 Å². The van der Waals surface area contributed by atoms with Crippen LogP contribution in [0.3, 0.4) is 0 Å². The Morgan fingerprint density at radius 2 is 2.00 bits per heavy atom. The smallest absolute Gasteiger partial charge is 0.257 e. The van der Waals surface area contributed by atoms with Crippen LogP contribution in [0.4, 0.5) is 0 Å². The molecule has 1 amide bonds. The molecule has 20 heavy (non-hydrogen) atoms. The quantitative estimate of drug-likeness (QED) is 0.828. The van der Waals surface area contributed by atoms with Gasteiger partial charge in [-0.25, -0.2) is 0 Å². The monoisotopic (exact) mass is 382 g/mol. The summed E-state index contributed by atoms with van der Waals surface area (Å²) in [5, 5.41) is 9.86. The zero-order valence-corrected chi connectivity index (χ0v) is 13.2. The molecule has 0 bridgehead atoms. The molecule has 1 heterocycles. The van der Waals surface area contributed by atoms with Crippen molar-refractivity contribution in [3.8, 4) is 5.75 Å². The van der Waals surface area contributed by atoms with E-state index < -0.39 is 0 Å². The number of hydrogen-bond donors (Lipinski definition) is 1. The maximum absolute atomic E-state index is 12.5. The molecule has 1 aromatic heterocycles. The number of phenols is 1. The number of aromatic hydroxyl groups is 1. The maximum atomic E-state index is 12.5. The molecule has 0 aliphatic rings. The van der Waals surface area contributed by atoms with E-state index in [1.54, 1.807) is 35.5 Å². The minimum Gasteiger partial charge on any atom is -0.507 e. The van der Waals surface area contributed by atoms with Gasteiger partial charge in [-0.05, 0) is 65.4 Å². The second-order valence-electron chi connectivity index (χ2n) is 4.34. The van der Waals surface area contributed by atoms with E-state index in [0.29, 0.717) is 18.7 Å². The third-order valence-corrected chi connectivity index (χ3v) is 3.65. The Balaban J connectivity index is 2.23. The molecule has 0 aliphatic carbocycles. The van der Waals surface area contributed by atoms with Crippen molar-refractivity contribution in [1.82, 2.24) is 9.88 Å². The van der Waals surface area contributed by atoms with E-state index in [1.165, 1.54) is 0 Å². The molecule has 0 atom stereocenters. The number of phenolic OH excluding ortho intramolecular Hbond substituents is 1. The lowest BCUT2D eigenvalue weighted by Gasteiger charge is -2.21. The van der Waals surface area contributed by atoms with Gasteiger partial charge < -0.3 is 10.0 Å². The van der Waals surface area contributed by atoms with E-state index in [4.69, 9.17) is 0 Å². The van der Waals surface area contributed by atoms with Crippen molar-refractivity contribution in [2.24, 2.45) is 0 Å². The molecule has 0 unspecified atom stereocenters. The molecule has 0 spiro atoms. The summed E-state index contributed by atoms with van der Waals surface area (Å²) in [6.45, 7) is 3.00. The first-order chi connectivity index (χ1) is 9.61. The summed E-state index contributed by atoms with van der Waals surface area (Å²) in [5.74, 6) is -0.149. The number of rotatable bonds is 4.